The molecular formula is C13H18O3S2. The van der Waals surface area contributed by atoms with Gasteiger partial charge in [-0.15, -0.1) is 23.1 Å². The van der Waals surface area contributed by atoms with Gasteiger partial charge in [0, 0.05) is 4.88 Å². The van der Waals surface area contributed by atoms with Crippen molar-refractivity contribution in [1.29, 1.82) is 0 Å². The molecule has 0 aliphatic carbocycles. The summed E-state index contributed by atoms with van der Waals surface area (Å²) < 4.78 is 5.16. The van der Waals surface area contributed by atoms with Crippen molar-refractivity contribution in [1.82, 2.24) is 0 Å². The summed E-state index contributed by atoms with van der Waals surface area (Å²) in [4.78, 5) is 25.1. The van der Waals surface area contributed by atoms with E-state index in [2.05, 4.69) is 0 Å². The average molecular weight is 286 g/mol. The Kier molecular flexibility index (Phi) is 5.41. The Hall–Kier alpha value is -0.810. The number of esters is 1. The average Bonchev–Trinajstić information content (AvgIpc) is 2.62. The van der Waals surface area contributed by atoms with Crippen LogP contribution in [0.15, 0.2) is 12.1 Å². The van der Waals surface area contributed by atoms with Crippen LogP contribution in [0.5, 0.6) is 0 Å². The SMILES string of the molecule is Cc1ccc(C(=O)CSCC(=O)OC(C)(C)C)s1. The molecular weight excluding hydrogens is 268 g/mol. The maximum Gasteiger partial charge on any atom is 0.316 e. The molecule has 0 aliphatic heterocycles. The normalized spacial score (nSPS) is 11.3. The molecule has 0 aromatic carbocycles. The van der Waals surface area contributed by atoms with Crippen LogP contribution in [0.4, 0.5) is 0 Å². The summed E-state index contributed by atoms with van der Waals surface area (Å²) in [6.07, 6.45) is 0. The summed E-state index contributed by atoms with van der Waals surface area (Å²) in [6, 6.07) is 3.76. The largest absolute Gasteiger partial charge is 0.459 e. The topological polar surface area (TPSA) is 43.4 Å². The quantitative estimate of drug-likeness (QED) is 0.615. The first-order valence-electron chi connectivity index (χ1n) is 5.67. The van der Waals surface area contributed by atoms with Crippen LogP contribution in [0.3, 0.4) is 0 Å². The van der Waals surface area contributed by atoms with E-state index < -0.39 is 5.60 Å². The molecule has 0 saturated carbocycles. The molecule has 1 aromatic heterocycles. The molecule has 1 heterocycles. The van der Waals surface area contributed by atoms with Gasteiger partial charge in [0.1, 0.15) is 5.60 Å². The van der Waals surface area contributed by atoms with Crippen LogP contribution < -0.4 is 0 Å². The first-order chi connectivity index (χ1) is 8.28. The molecule has 5 heteroatoms. The third-order valence-electron chi connectivity index (χ3n) is 1.89. The molecule has 1 aromatic rings. The Bertz CT molecular complexity index is 430. The molecule has 0 saturated heterocycles. The third kappa shape index (κ3) is 5.69. The lowest BCUT2D eigenvalue weighted by Crippen LogP contribution is -2.25. The Morgan fingerprint density at radius 2 is 1.94 bits per heavy atom. The minimum Gasteiger partial charge on any atom is -0.459 e. The van der Waals surface area contributed by atoms with E-state index in [4.69, 9.17) is 4.74 Å². The summed E-state index contributed by atoms with van der Waals surface area (Å²) in [5.74, 6) is 0.330. The molecule has 3 nitrogen and oxygen atoms in total. The van der Waals surface area contributed by atoms with Crippen molar-refractivity contribution >= 4 is 34.9 Å². The zero-order chi connectivity index (χ0) is 13.8. The zero-order valence-electron chi connectivity index (χ0n) is 11.1. The number of hydrogen-bond acceptors (Lipinski definition) is 5. The van der Waals surface area contributed by atoms with Crippen LogP contribution in [-0.4, -0.2) is 28.9 Å². The minimum absolute atomic E-state index is 0.0710. The van der Waals surface area contributed by atoms with Crippen molar-refractivity contribution in [2.75, 3.05) is 11.5 Å². The summed E-state index contributed by atoms with van der Waals surface area (Å²) in [6.45, 7) is 7.45. The second-order valence-corrected chi connectivity index (χ2v) is 7.19. The number of ketones is 1. The van der Waals surface area contributed by atoms with E-state index in [-0.39, 0.29) is 17.5 Å². The molecule has 0 bridgehead atoms. The second-order valence-electron chi connectivity index (χ2n) is 4.91. The van der Waals surface area contributed by atoms with Gasteiger partial charge in [-0.1, -0.05) is 0 Å². The highest BCUT2D eigenvalue weighted by atomic mass is 32.2. The van der Waals surface area contributed by atoms with Crippen LogP contribution in [0.2, 0.25) is 0 Å². The summed E-state index contributed by atoms with van der Waals surface area (Å²) >= 11 is 2.78. The van der Waals surface area contributed by atoms with Gasteiger partial charge in [0.2, 0.25) is 0 Å². The van der Waals surface area contributed by atoms with Gasteiger partial charge in [0.15, 0.2) is 5.78 Å². The summed E-state index contributed by atoms with van der Waals surface area (Å²) in [5, 5.41) is 0. The van der Waals surface area contributed by atoms with Crippen molar-refractivity contribution < 1.29 is 14.3 Å². The van der Waals surface area contributed by atoms with Crippen molar-refractivity contribution in [3.05, 3.63) is 21.9 Å². The lowest BCUT2D eigenvalue weighted by molar-refractivity contribution is -0.151. The summed E-state index contributed by atoms with van der Waals surface area (Å²) in [5.41, 5.74) is -0.466. The lowest BCUT2D eigenvalue weighted by atomic mass is 10.2. The van der Waals surface area contributed by atoms with Crippen LogP contribution in [0, 0.1) is 6.92 Å². The van der Waals surface area contributed by atoms with Crippen molar-refractivity contribution in [2.24, 2.45) is 0 Å². The fraction of sp³-hybridized carbons (Fsp3) is 0.538. The molecule has 0 amide bonds. The molecule has 18 heavy (non-hydrogen) atoms. The lowest BCUT2D eigenvalue weighted by Gasteiger charge is -2.19. The maximum absolute atomic E-state index is 11.8. The highest BCUT2D eigenvalue weighted by Gasteiger charge is 2.16. The molecule has 0 radical (unpaired) electrons. The Morgan fingerprint density at radius 1 is 1.28 bits per heavy atom. The molecule has 0 atom stereocenters. The van der Waals surface area contributed by atoms with Gasteiger partial charge >= 0.3 is 5.97 Å². The number of rotatable bonds is 5. The highest BCUT2D eigenvalue weighted by Crippen LogP contribution is 2.18. The van der Waals surface area contributed by atoms with Gasteiger partial charge in [0.05, 0.1) is 16.4 Å². The molecule has 0 fully saturated rings. The maximum atomic E-state index is 11.8. The van der Waals surface area contributed by atoms with Crippen molar-refractivity contribution in [2.45, 2.75) is 33.3 Å². The Balaban J connectivity index is 2.30. The molecule has 100 valence electrons. The van der Waals surface area contributed by atoms with Crippen LogP contribution in [0.25, 0.3) is 0 Å². The second kappa shape index (κ2) is 6.38. The fourth-order valence-corrected chi connectivity index (χ4v) is 2.82. The van der Waals surface area contributed by atoms with Crippen LogP contribution in [0.1, 0.15) is 35.3 Å². The predicted molar refractivity (Wildman–Crippen MR) is 76.6 cm³/mol. The fourth-order valence-electron chi connectivity index (χ4n) is 1.25. The minimum atomic E-state index is -0.466. The van der Waals surface area contributed by atoms with Gasteiger partial charge in [-0.3, -0.25) is 9.59 Å². The first-order valence-corrected chi connectivity index (χ1v) is 7.64. The van der Waals surface area contributed by atoms with E-state index >= 15 is 0 Å². The van der Waals surface area contributed by atoms with Crippen LogP contribution in [-0.2, 0) is 9.53 Å². The summed E-state index contributed by atoms with van der Waals surface area (Å²) in [7, 11) is 0. The molecule has 0 aliphatic rings. The van der Waals surface area contributed by atoms with E-state index in [1.807, 2.05) is 39.8 Å². The van der Waals surface area contributed by atoms with Crippen molar-refractivity contribution in [3.63, 3.8) is 0 Å². The van der Waals surface area contributed by atoms with E-state index in [0.29, 0.717) is 5.75 Å². The third-order valence-corrected chi connectivity index (χ3v) is 3.84. The standard InChI is InChI=1S/C13H18O3S2/c1-9-5-6-11(18-9)10(14)7-17-8-12(15)16-13(2,3)4/h5-6H,7-8H2,1-4H3. The number of carbonyl (C=O) groups is 2. The number of ether oxygens (including phenoxy) is 1. The van der Waals surface area contributed by atoms with Gasteiger partial charge in [-0.05, 0) is 39.8 Å². The number of thioether (sulfide) groups is 1. The van der Waals surface area contributed by atoms with Crippen molar-refractivity contribution in [3.8, 4) is 0 Å². The first kappa shape index (κ1) is 15.2. The number of aryl methyl sites for hydroxylation is 1. The van der Waals surface area contributed by atoms with Gasteiger partial charge in [-0.2, -0.15) is 0 Å². The van der Waals surface area contributed by atoms with E-state index in [1.54, 1.807) is 0 Å². The zero-order valence-corrected chi connectivity index (χ0v) is 12.7. The van der Waals surface area contributed by atoms with Crippen LogP contribution >= 0.6 is 23.1 Å². The van der Waals surface area contributed by atoms with E-state index in [1.165, 1.54) is 23.1 Å². The number of hydrogen-bond donors (Lipinski definition) is 0. The van der Waals surface area contributed by atoms with Gasteiger partial charge in [-0.25, -0.2) is 0 Å². The Morgan fingerprint density at radius 3 is 2.44 bits per heavy atom. The molecule has 0 N–H and O–H groups in total. The highest BCUT2D eigenvalue weighted by molar-refractivity contribution is 8.00. The monoisotopic (exact) mass is 286 g/mol. The number of carbonyl (C=O) groups excluding carboxylic acids is 2. The number of Topliss-reactive ketones (excluding diaryl/α,β-unsaturated/α-hetero) is 1. The number of thiophene rings is 1. The molecule has 0 unspecified atom stereocenters. The molecule has 1 rings (SSSR count). The molecule has 0 spiro atoms. The van der Waals surface area contributed by atoms with Gasteiger partial charge in [0.25, 0.3) is 0 Å². The van der Waals surface area contributed by atoms with Gasteiger partial charge < -0.3 is 4.74 Å². The Labute approximate surface area is 116 Å². The predicted octanol–water partition coefficient (Wildman–Crippen LogP) is 3.31. The van der Waals surface area contributed by atoms with E-state index in [9.17, 15) is 9.59 Å². The van der Waals surface area contributed by atoms with E-state index in [0.717, 1.165) is 9.75 Å². The smallest absolute Gasteiger partial charge is 0.316 e.